The number of nitrogens with two attached hydrogens (primary N) is 1. The molecule has 0 radical (unpaired) electrons. The summed E-state index contributed by atoms with van der Waals surface area (Å²) in [6.07, 6.45) is 7.04. The van der Waals surface area contributed by atoms with Crippen LogP contribution in [0.4, 0.5) is 5.82 Å². The summed E-state index contributed by atoms with van der Waals surface area (Å²) < 4.78 is 0. The molecule has 0 amide bonds. The molecule has 1 heterocycles. The summed E-state index contributed by atoms with van der Waals surface area (Å²) in [5.74, 6) is 1.59. The van der Waals surface area contributed by atoms with Crippen molar-refractivity contribution in [3.63, 3.8) is 0 Å². The molecule has 0 bridgehead atoms. The molecule has 1 saturated carbocycles. The summed E-state index contributed by atoms with van der Waals surface area (Å²) in [5.41, 5.74) is 7.77. The molecule has 1 aromatic heterocycles. The zero-order valence-corrected chi connectivity index (χ0v) is 10.7. The molecule has 1 atom stereocenters. The molecule has 0 aliphatic heterocycles. The van der Waals surface area contributed by atoms with Gasteiger partial charge in [-0.2, -0.15) is 0 Å². The van der Waals surface area contributed by atoms with E-state index in [1.54, 1.807) is 6.20 Å². The SMILES string of the molecule is Cc1cnc(C)c(NC(CN)C2CCCC2)n1. The minimum Gasteiger partial charge on any atom is -0.364 e. The quantitative estimate of drug-likeness (QED) is 0.836. The first-order valence-electron chi connectivity index (χ1n) is 6.47. The zero-order valence-electron chi connectivity index (χ0n) is 10.7. The maximum atomic E-state index is 5.88. The smallest absolute Gasteiger partial charge is 0.148 e. The van der Waals surface area contributed by atoms with E-state index in [1.165, 1.54) is 25.7 Å². The molecule has 94 valence electrons. The summed E-state index contributed by atoms with van der Waals surface area (Å²) in [7, 11) is 0. The average molecular weight is 234 g/mol. The molecule has 1 aliphatic carbocycles. The van der Waals surface area contributed by atoms with Crippen molar-refractivity contribution in [3.05, 3.63) is 17.6 Å². The lowest BCUT2D eigenvalue weighted by Crippen LogP contribution is -2.35. The number of hydrogen-bond acceptors (Lipinski definition) is 4. The second kappa shape index (κ2) is 5.45. The second-order valence-corrected chi connectivity index (χ2v) is 4.98. The lowest BCUT2D eigenvalue weighted by atomic mass is 9.98. The fraction of sp³-hybridized carbons (Fsp3) is 0.692. The topological polar surface area (TPSA) is 63.8 Å². The van der Waals surface area contributed by atoms with Crippen LogP contribution in [0.3, 0.4) is 0 Å². The Morgan fingerprint density at radius 1 is 1.41 bits per heavy atom. The van der Waals surface area contributed by atoms with Crippen LogP contribution >= 0.6 is 0 Å². The number of nitrogens with one attached hydrogen (secondary N) is 1. The Labute approximate surface area is 103 Å². The van der Waals surface area contributed by atoms with Crippen LogP contribution in [0, 0.1) is 19.8 Å². The van der Waals surface area contributed by atoms with Gasteiger partial charge >= 0.3 is 0 Å². The van der Waals surface area contributed by atoms with Crippen LogP contribution in [0.5, 0.6) is 0 Å². The first-order valence-corrected chi connectivity index (χ1v) is 6.47. The number of rotatable bonds is 4. The first kappa shape index (κ1) is 12.3. The average Bonchev–Trinajstić information content (AvgIpc) is 2.84. The van der Waals surface area contributed by atoms with Crippen molar-refractivity contribution in [3.8, 4) is 0 Å². The van der Waals surface area contributed by atoms with Crippen molar-refractivity contribution in [1.82, 2.24) is 9.97 Å². The Kier molecular flexibility index (Phi) is 3.94. The largest absolute Gasteiger partial charge is 0.364 e. The van der Waals surface area contributed by atoms with E-state index in [0.29, 0.717) is 18.5 Å². The van der Waals surface area contributed by atoms with Gasteiger partial charge in [0.15, 0.2) is 0 Å². The summed E-state index contributed by atoms with van der Waals surface area (Å²) in [5, 5.41) is 3.48. The fourth-order valence-corrected chi connectivity index (χ4v) is 2.58. The number of aromatic nitrogens is 2. The lowest BCUT2D eigenvalue weighted by molar-refractivity contribution is 0.461. The zero-order chi connectivity index (χ0) is 12.3. The normalized spacial score (nSPS) is 18.3. The van der Waals surface area contributed by atoms with Gasteiger partial charge in [0.2, 0.25) is 0 Å². The molecule has 4 heteroatoms. The van der Waals surface area contributed by atoms with Crippen LogP contribution in [0.25, 0.3) is 0 Å². The molecule has 0 aromatic carbocycles. The van der Waals surface area contributed by atoms with Crippen molar-refractivity contribution in [2.75, 3.05) is 11.9 Å². The molecular weight excluding hydrogens is 212 g/mol. The van der Waals surface area contributed by atoms with Gasteiger partial charge in [-0.05, 0) is 32.6 Å². The van der Waals surface area contributed by atoms with Crippen LogP contribution in [-0.2, 0) is 0 Å². The molecule has 1 aliphatic rings. The Morgan fingerprint density at radius 3 is 2.76 bits per heavy atom. The highest BCUT2D eigenvalue weighted by molar-refractivity contribution is 5.40. The predicted molar refractivity (Wildman–Crippen MR) is 69.9 cm³/mol. The van der Waals surface area contributed by atoms with Gasteiger partial charge in [0.05, 0.1) is 11.4 Å². The minimum atomic E-state index is 0.340. The maximum absolute atomic E-state index is 5.88. The van der Waals surface area contributed by atoms with Crippen molar-refractivity contribution in [2.24, 2.45) is 11.7 Å². The molecule has 17 heavy (non-hydrogen) atoms. The Morgan fingerprint density at radius 2 is 2.12 bits per heavy atom. The molecule has 0 saturated heterocycles. The number of anilines is 1. The van der Waals surface area contributed by atoms with Crippen LogP contribution in [0.1, 0.15) is 37.1 Å². The van der Waals surface area contributed by atoms with Crippen molar-refractivity contribution in [2.45, 2.75) is 45.6 Å². The van der Waals surface area contributed by atoms with Gasteiger partial charge in [0.25, 0.3) is 0 Å². The number of aryl methyl sites for hydroxylation is 2. The third-order valence-corrected chi connectivity index (χ3v) is 3.62. The number of nitrogens with zero attached hydrogens (tertiary/aromatic N) is 2. The summed E-state index contributed by atoms with van der Waals surface area (Å²) in [6.45, 7) is 4.61. The molecule has 3 N–H and O–H groups in total. The van der Waals surface area contributed by atoms with Gasteiger partial charge in [-0.15, -0.1) is 0 Å². The molecular formula is C13H22N4. The highest BCUT2D eigenvalue weighted by Gasteiger charge is 2.24. The van der Waals surface area contributed by atoms with Gasteiger partial charge < -0.3 is 11.1 Å². The molecule has 1 aromatic rings. The third kappa shape index (κ3) is 2.94. The highest BCUT2D eigenvalue weighted by atomic mass is 15.1. The van der Waals surface area contributed by atoms with E-state index in [9.17, 15) is 0 Å². The van der Waals surface area contributed by atoms with E-state index in [4.69, 9.17) is 5.73 Å². The van der Waals surface area contributed by atoms with Crippen LogP contribution in [0.2, 0.25) is 0 Å². The first-order chi connectivity index (χ1) is 8.20. The molecule has 1 fully saturated rings. The van der Waals surface area contributed by atoms with Crippen molar-refractivity contribution < 1.29 is 0 Å². The summed E-state index contributed by atoms with van der Waals surface area (Å²) in [6, 6.07) is 0.340. The van der Waals surface area contributed by atoms with Crippen molar-refractivity contribution in [1.29, 1.82) is 0 Å². The maximum Gasteiger partial charge on any atom is 0.148 e. The summed E-state index contributed by atoms with van der Waals surface area (Å²) in [4.78, 5) is 8.83. The van der Waals surface area contributed by atoms with Crippen LogP contribution < -0.4 is 11.1 Å². The third-order valence-electron chi connectivity index (χ3n) is 3.62. The van der Waals surface area contributed by atoms with Crippen molar-refractivity contribution >= 4 is 5.82 Å². The van der Waals surface area contributed by atoms with E-state index < -0.39 is 0 Å². The van der Waals surface area contributed by atoms with E-state index in [1.807, 2.05) is 13.8 Å². The standard InChI is InChI=1S/C13H22N4/c1-9-8-15-10(2)13(16-9)17-12(7-14)11-5-3-4-6-11/h8,11-12H,3-7,14H2,1-2H3,(H,16,17). The Balaban J connectivity index is 2.09. The lowest BCUT2D eigenvalue weighted by Gasteiger charge is -2.24. The fourth-order valence-electron chi connectivity index (χ4n) is 2.58. The summed E-state index contributed by atoms with van der Waals surface area (Å²) >= 11 is 0. The van der Waals surface area contributed by atoms with E-state index in [2.05, 4.69) is 15.3 Å². The Hall–Kier alpha value is -1.16. The van der Waals surface area contributed by atoms with Gasteiger partial charge in [-0.1, -0.05) is 12.8 Å². The minimum absolute atomic E-state index is 0.340. The highest BCUT2D eigenvalue weighted by Crippen LogP contribution is 2.29. The van der Waals surface area contributed by atoms with Crippen LogP contribution in [-0.4, -0.2) is 22.6 Å². The molecule has 0 spiro atoms. The monoisotopic (exact) mass is 234 g/mol. The van der Waals surface area contributed by atoms with Gasteiger partial charge in [-0.3, -0.25) is 4.98 Å². The van der Waals surface area contributed by atoms with E-state index in [-0.39, 0.29) is 0 Å². The molecule has 4 nitrogen and oxygen atoms in total. The van der Waals surface area contributed by atoms with E-state index in [0.717, 1.165) is 17.2 Å². The number of hydrogen-bond donors (Lipinski definition) is 2. The predicted octanol–water partition coefficient (Wildman–Crippen LogP) is 2.02. The molecule has 1 unspecified atom stereocenters. The Bertz CT molecular complexity index is 372. The molecule has 2 rings (SSSR count). The van der Waals surface area contributed by atoms with Gasteiger partial charge in [0.1, 0.15) is 5.82 Å². The van der Waals surface area contributed by atoms with Gasteiger partial charge in [-0.25, -0.2) is 4.98 Å². The van der Waals surface area contributed by atoms with E-state index >= 15 is 0 Å². The van der Waals surface area contributed by atoms with Crippen LogP contribution in [0.15, 0.2) is 6.20 Å². The second-order valence-electron chi connectivity index (χ2n) is 4.98. The van der Waals surface area contributed by atoms with Gasteiger partial charge in [0, 0.05) is 18.8 Å².